The Balaban J connectivity index is 2.36. The van der Waals surface area contributed by atoms with Gasteiger partial charge in [0.1, 0.15) is 11.5 Å². The van der Waals surface area contributed by atoms with Crippen LogP contribution in [0, 0.1) is 0 Å². The average molecular weight is 289 g/mol. The van der Waals surface area contributed by atoms with Crippen LogP contribution in [0.3, 0.4) is 0 Å². The van der Waals surface area contributed by atoms with E-state index in [4.69, 9.17) is 27.9 Å². The summed E-state index contributed by atoms with van der Waals surface area (Å²) in [6.07, 6.45) is 1.43. The van der Waals surface area contributed by atoms with Gasteiger partial charge in [-0.2, -0.15) is 0 Å². The Kier molecular flexibility index (Phi) is 4.45. The molecule has 0 saturated carbocycles. The first kappa shape index (κ1) is 12.9. The van der Waals surface area contributed by atoms with E-state index in [1.807, 2.05) is 6.07 Å². The second kappa shape index (κ2) is 5.87. The molecule has 0 amide bonds. The molecule has 0 aliphatic rings. The van der Waals surface area contributed by atoms with Crippen molar-refractivity contribution in [2.75, 3.05) is 19.5 Å². The third-order valence-electron chi connectivity index (χ3n) is 2.19. The van der Waals surface area contributed by atoms with E-state index in [1.54, 1.807) is 24.9 Å². The van der Waals surface area contributed by atoms with E-state index in [0.717, 1.165) is 21.6 Å². The fourth-order valence-electron chi connectivity index (χ4n) is 1.37. The van der Waals surface area contributed by atoms with Crippen LogP contribution in [-0.2, 0) is 4.74 Å². The summed E-state index contributed by atoms with van der Waals surface area (Å²) in [6, 6.07) is 3.72. The number of rotatable bonds is 4. The molecule has 17 heavy (non-hydrogen) atoms. The standard InChI is InChI=1S/C11H10Cl2N2OS/c1-16-2-3-17-10-4-7-9(5-8(10)12)14-6-15-11(7)13/h4-6H,2-3H2,1H3. The molecule has 0 aliphatic carbocycles. The number of thioether (sulfide) groups is 1. The van der Waals surface area contributed by atoms with Crippen molar-refractivity contribution in [1.82, 2.24) is 9.97 Å². The number of halogens is 2. The summed E-state index contributed by atoms with van der Waals surface area (Å²) in [4.78, 5) is 9.04. The van der Waals surface area contributed by atoms with Gasteiger partial charge in [-0.15, -0.1) is 11.8 Å². The molecule has 90 valence electrons. The minimum atomic E-state index is 0.445. The molecule has 1 aromatic heterocycles. The summed E-state index contributed by atoms with van der Waals surface area (Å²) in [5.41, 5.74) is 0.756. The van der Waals surface area contributed by atoms with Crippen LogP contribution in [0.2, 0.25) is 10.2 Å². The Morgan fingerprint density at radius 2 is 2.12 bits per heavy atom. The van der Waals surface area contributed by atoms with Crippen LogP contribution in [-0.4, -0.2) is 29.4 Å². The lowest BCUT2D eigenvalue weighted by molar-refractivity contribution is 0.218. The molecule has 0 atom stereocenters. The van der Waals surface area contributed by atoms with Gasteiger partial charge >= 0.3 is 0 Å². The number of methoxy groups -OCH3 is 1. The molecule has 0 aliphatic heterocycles. The zero-order valence-corrected chi connectivity index (χ0v) is 11.4. The van der Waals surface area contributed by atoms with Gasteiger partial charge in [0, 0.05) is 23.1 Å². The third-order valence-corrected chi connectivity index (χ3v) is 3.93. The van der Waals surface area contributed by atoms with Crippen LogP contribution in [0.1, 0.15) is 0 Å². The molecule has 2 aromatic rings. The molecule has 0 bridgehead atoms. The largest absolute Gasteiger partial charge is 0.384 e. The van der Waals surface area contributed by atoms with Crippen molar-refractivity contribution < 1.29 is 4.74 Å². The van der Waals surface area contributed by atoms with E-state index in [9.17, 15) is 0 Å². The minimum absolute atomic E-state index is 0.445. The van der Waals surface area contributed by atoms with E-state index >= 15 is 0 Å². The van der Waals surface area contributed by atoms with Gasteiger partial charge < -0.3 is 4.74 Å². The molecule has 0 spiro atoms. The topological polar surface area (TPSA) is 35.0 Å². The van der Waals surface area contributed by atoms with Crippen LogP contribution in [0.5, 0.6) is 0 Å². The molecule has 0 radical (unpaired) electrons. The normalized spacial score (nSPS) is 11.0. The zero-order valence-electron chi connectivity index (χ0n) is 9.11. The van der Waals surface area contributed by atoms with E-state index < -0.39 is 0 Å². The van der Waals surface area contributed by atoms with Crippen molar-refractivity contribution in [1.29, 1.82) is 0 Å². The average Bonchev–Trinajstić information content (AvgIpc) is 2.31. The first-order valence-electron chi connectivity index (χ1n) is 4.94. The second-order valence-electron chi connectivity index (χ2n) is 3.31. The zero-order chi connectivity index (χ0) is 12.3. The summed E-state index contributed by atoms with van der Waals surface area (Å²) < 4.78 is 5.00. The highest BCUT2D eigenvalue weighted by molar-refractivity contribution is 7.99. The SMILES string of the molecule is COCCSc1cc2c(Cl)ncnc2cc1Cl. The van der Waals surface area contributed by atoms with Crippen molar-refractivity contribution in [2.24, 2.45) is 0 Å². The van der Waals surface area contributed by atoms with Crippen LogP contribution < -0.4 is 0 Å². The maximum atomic E-state index is 6.17. The predicted molar refractivity (Wildman–Crippen MR) is 72.2 cm³/mol. The maximum Gasteiger partial charge on any atom is 0.140 e. The number of hydrogen-bond donors (Lipinski definition) is 0. The minimum Gasteiger partial charge on any atom is -0.384 e. The molecule has 3 nitrogen and oxygen atoms in total. The van der Waals surface area contributed by atoms with Crippen LogP contribution in [0.4, 0.5) is 0 Å². The molecular weight excluding hydrogens is 279 g/mol. The van der Waals surface area contributed by atoms with Gasteiger partial charge in [-0.1, -0.05) is 23.2 Å². The van der Waals surface area contributed by atoms with E-state index in [-0.39, 0.29) is 0 Å². The van der Waals surface area contributed by atoms with E-state index in [0.29, 0.717) is 16.8 Å². The smallest absolute Gasteiger partial charge is 0.140 e. The first-order chi connectivity index (χ1) is 8.22. The van der Waals surface area contributed by atoms with Crippen molar-refractivity contribution >= 4 is 45.9 Å². The number of aromatic nitrogens is 2. The van der Waals surface area contributed by atoms with Gasteiger partial charge in [-0.05, 0) is 12.1 Å². The summed E-state index contributed by atoms with van der Waals surface area (Å²) in [5.74, 6) is 0.840. The Bertz CT molecular complexity index is 536. The fourth-order valence-corrected chi connectivity index (χ4v) is 2.76. The Labute approximate surface area is 113 Å². The summed E-state index contributed by atoms with van der Waals surface area (Å²) in [5, 5.41) is 1.94. The highest BCUT2D eigenvalue weighted by Crippen LogP contribution is 2.32. The van der Waals surface area contributed by atoms with Gasteiger partial charge in [0.05, 0.1) is 17.1 Å². The summed E-state index contributed by atoms with van der Waals surface area (Å²) in [6.45, 7) is 0.679. The molecule has 1 aromatic carbocycles. The molecule has 2 rings (SSSR count). The van der Waals surface area contributed by atoms with Crippen molar-refractivity contribution in [3.05, 3.63) is 28.6 Å². The van der Waals surface area contributed by atoms with Gasteiger partial charge in [0.15, 0.2) is 0 Å². The number of nitrogens with zero attached hydrogens (tertiary/aromatic N) is 2. The van der Waals surface area contributed by atoms with Crippen molar-refractivity contribution in [2.45, 2.75) is 4.90 Å². The van der Waals surface area contributed by atoms with E-state index in [1.165, 1.54) is 6.33 Å². The number of fused-ring (bicyclic) bond motifs is 1. The number of hydrogen-bond acceptors (Lipinski definition) is 4. The third kappa shape index (κ3) is 3.01. The van der Waals surface area contributed by atoms with Gasteiger partial charge in [0.25, 0.3) is 0 Å². The quantitative estimate of drug-likeness (QED) is 0.488. The second-order valence-corrected chi connectivity index (χ2v) is 5.21. The van der Waals surface area contributed by atoms with Gasteiger partial charge in [-0.3, -0.25) is 0 Å². The lowest BCUT2D eigenvalue weighted by atomic mass is 10.2. The van der Waals surface area contributed by atoms with Crippen LogP contribution in [0.15, 0.2) is 23.4 Å². The summed E-state index contributed by atoms with van der Waals surface area (Å²) in [7, 11) is 1.67. The van der Waals surface area contributed by atoms with Gasteiger partial charge in [0.2, 0.25) is 0 Å². The highest BCUT2D eigenvalue weighted by atomic mass is 35.5. The summed E-state index contributed by atoms with van der Waals surface area (Å²) >= 11 is 13.8. The van der Waals surface area contributed by atoms with Crippen LogP contribution in [0.25, 0.3) is 10.9 Å². The van der Waals surface area contributed by atoms with Gasteiger partial charge in [-0.25, -0.2) is 9.97 Å². The molecule has 1 heterocycles. The molecule has 0 unspecified atom stereocenters. The molecule has 0 saturated heterocycles. The van der Waals surface area contributed by atoms with E-state index in [2.05, 4.69) is 9.97 Å². The molecule has 0 fully saturated rings. The predicted octanol–water partition coefficient (Wildman–Crippen LogP) is 3.68. The highest BCUT2D eigenvalue weighted by Gasteiger charge is 2.07. The molecular formula is C11H10Cl2N2OS. The Morgan fingerprint density at radius 3 is 2.88 bits per heavy atom. The van der Waals surface area contributed by atoms with Crippen molar-refractivity contribution in [3.8, 4) is 0 Å². The Hall–Kier alpha value is -0.550. The lowest BCUT2D eigenvalue weighted by Crippen LogP contribution is -1.92. The Morgan fingerprint density at radius 1 is 1.29 bits per heavy atom. The monoisotopic (exact) mass is 288 g/mol. The molecule has 0 N–H and O–H groups in total. The fraction of sp³-hybridized carbons (Fsp3) is 0.273. The maximum absolute atomic E-state index is 6.17. The first-order valence-corrected chi connectivity index (χ1v) is 6.68. The van der Waals surface area contributed by atoms with Crippen molar-refractivity contribution in [3.63, 3.8) is 0 Å². The van der Waals surface area contributed by atoms with Crippen LogP contribution >= 0.6 is 35.0 Å². The number of ether oxygens (including phenoxy) is 1. The lowest BCUT2D eigenvalue weighted by Gasteiger charge is -2.06. The molecule has 6 heteroatoms. The number of benzene rings is 1.